The fourth-order valence-corrected chi connectivity index (χ4v) is 2.02. The highest BCUT2D eigenvalue weighted by atomic mass is 35.5. The molecule has 0 atom stereocenters. The number of rotatable bonds is 5. The molecular formula is C15H15ClFNO2. The van der Waals surface area contributed by atoms with E-state index in [1.807, 2.05) is 6.07 Å². The molecule has 2 aromatic carbocycles. The summed E-state index contributed by atoms with van der Waals surface area (Å²) in [6, 6.07) is 9.67. The van der Waals surface area contributed by atoms with Crippen LogP contribution in [0.4, 0.5) is 10.1 Å². The molecule has 3 nitrogen and oxygen atoms in total. The Hall–Kier alpha value is -1.94. The van der Waals surface area contributed by atoms with Crippen molar-refractivity contribution in [3.05, 3.63) is 52.8 Å². The molecule has 0 saturated carbocycles. The van der Waals surface area contributed by atoms with Crippen LogP contribution in [-0.2, 0) is 6.54 Å². The van der Waals surface area contributed by atoms with Crippen LogP contribution in [0, 0.1) is 5.82 Å². The molecule has 0 radical (unpaired) electrons. The van der Waals surface area contributed by atoms with Gasteiger partial charge in [0.15, 0.2) is 11.5 Å². The molecule has 0 aromatic heterocycles. The second-order valence-electron chi connectivity index (χ2n) is 4.16. The average molecular weight is 296 g/mol. The maximum Gasteiger partial charge on any atom is 0.162 e. The Labute approximate surface area is 122 Å². The minimum atomic E-state index is -0.264. The Balaban J connectivity index is 2.14. The molecule has 1 N–H and O–H groups in total. The van der Waals surface area contributed by atoms with Gasteiger partial charge >= 0.3 is 0 Å². The summed E-state index contributed by atoms with van der Waals surface area (Å²) < 4.78 is 23.2. The molecule has 0 spiro atoms. The van der Waals surface area contributed by atoms with Gasteiger partial charge in [0.05, 0.1) is 14.2 Å². The van der Waals surface area contributed by atoms with Crippen molar-refractivity contribution < 1.29 is 13.9 Å². The van der Waals surface area contributed by atoms with Gasteiger partial charge in [0.2, 0.25) is 0 Å². The first-order chi connectivity index (χ1) is 9.63. The molecule has 0 bridgehead atoms. The van der Waals surface area contributed by atoms with Gasteiger partial charge in [-0.1, -0.05) is 11.6 Å². The van der Waals surface area contributed by atoms with E-state index in [9.17, 15) is 4.39 Å². The van der Waals surface area contributed by atoms with Crippen LogP contribution in [0.2, 0.25) is 5.02 Å². The molecule has 106 valence electrons. The monoisotopic (exact) mass is 295 g/mol. The number of hydrogen-bond donors (Lipinski definition) is 1. The first-order valence-electron chi connectivity index (χ1n) is 6.04. The van der Waals surface area contributed by atoms with Crippen LogP contribution in [0.3, 0.4) is 0 Å². The van der Waals surface area contributed by atoms with Crippen LogP contribution < -0.4 is 14.8 Å². The summed E-state index contributed by atoms with van der Waals surface area (Å²) in [7, 11) is 3.13. The molecule has 0 unspecified atom stereocenters. The summed E-state index contributed by atoms with van der Waals surface area (Å²) in [5.41, 5.74) is 1.69. The molecule has 0 saturated heterocycles. The topological polar surface area (TPSA) is 30.5 Å². The van der Waals surface area contributed by atoms with Gasteiger partial charge in [-0.05, 0) is 35.9 Å². The summed E-state index contributed by atoms with van der Waals surface area (Å²) in [6.45, 7) is 0.505. The number of halogens is 2. The first kappa shape index (κ1) is 14.5. The lowest BCUT2D eigenvalue weighted by Crippen LogP contribution is -2.01. The van der Waals surface area contributed by atoms with E-state index < -0.39 is 0 Å². The zero-order valence-electron chi connectivity index (χ0n) is 11.2. The minimum absolute atomic E-state index is 0.264. The van der Waals surface area contributed by atoms with Gasteiger partial charge in [0.1, 0.15) is 5.82 Å². The van der Waals surface area contributed by atoms with Crippen LogP contribution in [0.15, 0.2) is 36.4 Å². The van der Waals surface area contributed by atoms with Crippen LogP contribution in [0.1, 0.15) is 5.56 Å². The number of methoxy groups -OCH3 is 2. The second-order valence-corrected chi connectivity index (χ2v) is 4.57. The Bertz CT molecular complexity index is 587. The van der Waals surface area contributed by atoms with Crippen molar-refractivity contribution >= 4 is 17.3 Å². The Kier molecular flexibility index (Phi) is 4.69. The van der Waals surface area contributed by atoms with E-state index in [2.05, 4.69) is 5.32 Å². The third-order valence-electron chi connectivity index (χ3n) is 2.88. The zero-order valence-corrected chi connectivity index (χ0v) is 12.0. The number of ether oxygens (including phenoxy) is 2. The molecular weight excluding hydrogens is 281 g/mol. The smallest absolute Gasteiger partial charge is 0.162 e. The van der Waals surface area contributed by atoms with E-state index in [1.165, 1.54) is 12.1 Å². The summed E-state index contributed by atoms with van der Waals surface area (Å²) in [6.07, 6.45) is 0. The van der Waals surface area contributed by atoms with E-state index in [4.69, 9.17) is 21.1 Å². The molecule has 2 aromatic rings. The van der Waals surface area contributed by atoms with Gasteiger partial charge in [-0.15, -0.1) is 0 Å². The van der Waals surface area contributed by atoms with Gasteiger partial charge in [-0.3, -0.25) is 0 Å². The third kappa shape index (κ3) is 3.33. The standard InChI is InChI=1S/C15H15ClFNO2/c1-19-14-7-10(13(16)8-15(14)20-2)9-18-12-5-3-11(17)4-6-12/h3-8,18H,9H2,1-2H3. The number of anilines is 1. The zero-order chi connectivity index (χ0) is 14.5. The summed E-state index contributed by atoms with van der Waals surface area (Å²) in [4.78, 5) is 0. The van der Waals surface area contributed by atoms with Gasteiger partial charge in [-0.25, -0.2) is 4.39 Å². The summed E-state index contributed by atoms with van der Waals surface area (Å²) in [5.74, 6) is 0.940. The minimum Gasteiger partial charge on any atom is -0.493 e. The fourth-order valence-electron chi connectivity index (χ4n) is 1.80. The third-order valence-corrected chi connectivity index (χ3v) is 3.23. The largest absolute Gasteiger partial charge is 0.493 e. The summed E-state index contributed by atoms with van der Waals surface area (Å²) in [5, 5.41) is 3.75. The molecule has 0 fully saturated rings. The SMILES string of the molecule is COc1cc(Cl)c(CNc2ccc(F)cc2)cc1OC. The van der Waals surface area contributed by atoms with E-state index in [0.717, 1.165) is 11.3 Å². The van der Waals surface area contributed by atoms with Crippen molar-refractivity contribution in [2.45, 2.75) is 6.54 Å². The van der Waals surface area contributed by atoms with Crippen molar-refractivity contribution in [1.82, 2.24) is 0 Å². The summed E-state index contributed by atoms with van der Waals surface area (Å²) >= 11 is 6.19. The highest BCUT2D eigenvalue weighted by molar-refractivity contribution is 6.31. The predicted molar refractivity (Wildman–Crippen MR) is 78.3 cm³/mol. The van der Waals surface area contributed by atoms with Crippen molar-refractivity contribution in [3.8, 4) is 11.5 Å². The quantitative estimate of drug-likeness (QED) is 0.900. The van der Waals surface area contributed by atoms with Crippen molar-refractivity contribution in [3.63, 3.8) is 0 Å². The lowest BCUT2D eigenvalue weighted by atomic mass is 10.2. The molecule has 0 aliphatic rings. The van der Waals surface area contributed by atoms with Crippen molar-refractivity contribution in [2.75, 3.05) is 19.5 Å². The van der Waals surface area contributed by atoms with Gasteiger partial charge < -0.3 is 14.8 Å². The van der Waals surface area contributed by atoms with E-state index >= 15 is 0 Å². The highest BCUT2D eigenvalue weighted by Gasteiger charge is 2.09. The lowest BCUT2D eigenvalue weighted by molar-refractivity contribution is 0.354. The number of hydrogen-bond acceptors (Lipinski definition) is 3. The average Bonchev–Trinajstić information content (AvgIpc) is 2.47. The fraction of sp³-hybridized carbons (Fsp3) is 0.200. The maximum absolute atomic E-state index is 12.8. The Morgan fingerprint density at radius 3 is 2.25 bits per heavy atom. The van der Waals surface area contributed by atoms with Crippen LogP contribution in [-0.4, -0.2) is 14.2 Å². The van der Waals surface area contributed by atoms with E-state index in [0.29, 0.717) is 23.1 Å². The van der Waals surface area contributed by atoms with Crippen LogP contribution in [0.5, 0.6) is 11.5 Å². The second kappa shape index (κ2) is 6.48. The van der Waals surface area contributed by atoms with E-state index in [-0.39, 0.29) is 5.82 Å². The molecule has 5 heteroatoms. The van der Waals surface area contributed by atoms with Crippen molar-refractivity contribution in [1.29, 1.82) is 0 Å². The molecule has 0 heterocycles. The van der Waals surface area contributed by atoms with Gasteiger partial charge in [0, 0.05) is 23.3 Å². The first-order valence-corrected chi connectivity index (χ1v) is 6.41. The van der Waals surface area contributed by atoms with Crippen LogP contribution >= 0.6 is 11.6 Å². The number of benzene rings is 2. The van der Waals surface area contributed by atoms with Crippen molar-refractivity contribution in [2.24, 2.45) is 0 Å². The highest BCUT2D eigenvalue weighted by Crippen LogP contribution is 2.33. The molecule has 0 amide bonds. The maximum atomic E-state index is 12.8. The normalized spacial score (nSPS) is 10.2. The Morgan fingerprint density at radius 2 is 1.65 bits per heavy atom. The molecule has 2 rings (SSSR count). The molecule has 0 aliphatic heterocycles. The molecule has 20 heavy (non-hydrogen) atoms. The van der Waals surface area contributed by atoms with Gasteiger partial charge in [-0.2, -0.15) is 0 Å². The van der Waals surface area contributed by atoms with Gasteiger partial charge in [0.25, 0.3) is 0 Å². The lowest BCUT2D eigenvalue weighted by Gasteiger charge is -2.13. The predicted octanol–water partition coefficient (Wildman–Crippen LogP) is 4.11. The van der Waals surface area contributed by atoms with Crippen LogP contribution in [0.25, 0.3) is 0 Å². The molecule has 0 aliphatic carbocycles. The Morgan fingerprint density at radius 1 is 1.05 bits per heavy atom. The van der Waals surface area contributed by atoms with E-state index in [1.54, 1.807) is 32.4 Å². The number of nitrogens with one attached hydrogen (secondary N) is 1.